The van der Waals surface area contributed by atoms with Crippen LogP contribution in [0.4, 0.5) is 0 Å². The van der Waals surface area contributed by atoms with E-state index in [-0.39, 0.29) is 5.97 Å². The average Bonchev–Trinajstić information content (AvgIpc) is 2.57. The minimum absolute atomic E-state index is 0.312. The summed E-state index contributed by atoms with van der Waals surface area (Å²) in [5.41, 5.74) is 0. The van der Waals surface area contributed by atoms with Crippen LogP contribution in [0.25, 0.3) is 0 Å². The van der Waals surface area contributed by atoms with Crippen molar-refractivity contribution in [3.05, 3.63) is 37.0 Å². The Kier molecular flexibility index (Phi) is 17.7. The normalized spacial score (nSPS) is 11.3. The Morgan fingerprint density at radius 1 is 0.826 bits per heavy atom. The molecule has 0 aliphatic rings. The van der Waals surface area contributed by atoms with Crippen LogP contribution in [0.3, 0.4) is 0 Å². The number of hydrogen-bond donors (Lipinski definition) is 0. The maximum Gasteiger partial charge on any atom is 0.330 e. The maximum atomic E-state index is 10.8. The largest absolute Gasteiger partial charge is 0.463 e. The van der Waals surface area contributed by atoms with E-state index in [1.54, 1.807) is 0 Å². The van der Waals surface area contributed by atoms with E-state index in [1.165, 1.54) is 63.9 Å². The van der Waals surface area contributed by atoms with Crippen LogP contribution in [-0.2, 0) is 9.53 Å². The average molecular weight is 321 g/mol. The van der Waals surface area contributed by atoms with Gasteiger partial charge in [-0.1, -0.05) is 76.3 Å². The SMILES string of the molecule is C=CC(=O)OCCCCCCCC/C=C\C/C=C\CCCCC. The van der Waals surface area contributed by atoms with Crippen LogP contribution in [0.2, 0.25) is 0 Å². The smallest absolute Gasteiger partial charge is 0.330 e. The van der Waals surface area contributed by atoms with Crippen molar-refractivity contribution in [1.29, 1.82) is 0 Å². The van der Waals surface area contributed by atoms with E-state index < -0.39 is 0 Å². The first-order chi connectivity index (χ1) is 11.3. The lowest BCUT2D eigenvalue weighted by Crippen LogP contribution is -2.01. The summed E-state index contributed by atoms with van der Waals surface area (Å²) in [6.07, 6.45) is 25.1. The molecule has 0 N–H and O–H groups in total. The van der Waals surface area contributed by atoms with Gasteiger partial charge < -0.3 is 4.74 Å². The molecule has 0 unspecified atom stereocenters. The number of carbonyl (C=O) groups is 1. The van der Waals surface area contributed by atoms with E-state index in [0.717, 1.165) is 19.3 Å². The van der Waals surface area contributed by atoms with Crippen LogP contribution in [0.1, 0.15) is 84.0 Å². The van der Waals surface area contributed by atoms with Crippen LogP contribution in [0.15, 0.2) is 37.0 Å². The van der Waals surface area contributed by atoms with E-state index in [0.29, 0.717) is 6.61 Å². The molecule has 0 aliphatic heterocycles. The van der Waals surface area contributed by atoms with Crippen molar-refractivity contribution in [2.75, 3.05) is 6.61 Å². The van der Waals surface area contributed by atoms with E-state index in [4.69, 9.17) is 4.74 Å². The molecule has 2 nitrogen and oxygen atoms in total. The lowest BCUT2D eigenvalue weighted by molar-refractivity contribution is -0.137. The van der Waals surface area contributed by atoms with Gasteiger partial charge in [0.1, 0.15) is 0 Å². The molecule has 0 saturated carbocycles. The molecule has 23 heavy (non-hydrogen) atoms. The standard InChI is InChI=1S/C21H36O2/c1-3-5-6-7-8-9-10-11-12-13-14-15-16-17-18-19-20-23-21(22)4-2/h4,8-9,11-12H,2-3,5-7,10,13-20H2,1H3/b9-8-,12-11-. The van der Waals surface area contributed by atoms with Gasteiger partial charge in [0.25, 0.3) is 0 Å². The fraction of sp³-hybridized carbons (Fsp3) is 0.667. The molecule has 0 fully saturated rings. The Bertz CT molecular complexity index is 329. The fourth-order valence-corrected chi connectivity index (χ4v) is 2.32. The summed E-state index contributed by atoms with van der Waals surface area (Å²) < 4.78 is 4.94. The number of rotatable bonds is 16. The van der Waals surface area contributed by atoms with Crippen LogP contribution >= 0.6 is 0 Å². The number of unbranched alkanes of at least 4 members (excludes halogenated alkanes) is 9. The van der Waals surface area contributed by atoms with Gasteiger partial charge in [0, 0.05) is 6.08 Å². The molecule has 0 aromatic rings. The second-order valence-electron chi connectivity index (χ2n) is 5.96. The predicted octanol–water partition coefficient (Wildman–Crippen LogP) is 6.53. The zero-order chi connectivity index (χ0) is 17.0. The Labute approximate surface area is 143 Å². The van der Waals surface area contributed by atoms with Gasteiger partial charge in [-0.15, -0.1) is 0 Å². The van der Waals surface area contributed by atoms with Crippen LogP contribution < -0.4 is 0 Å². The molecule has 0 heterocycles. The highest BCUT2D eigenvalue weighted by atomic mass is 16.5. The van der Waals surface area contributed by atoms with Crippen molar-refractivity contribution in [2.24, 2.45) is 0 Å². The van der Waals surface area contributed by atoms with Crippen LogP contribution in [-0.4, -0.2) is 12.6 Å². The summed E-state index contributed by atoms with van der Waals surface area (Å²) in [6, 6.07) is 0. The molecule has 0 aliphatic carbocycles. The van der Waals surface area contributed by atoms with Crippen molar-refractivity contribution >= 4 is 5.97 Å². The maximum absolute atomic E-state index is 10.8. The molecule has 0 rings (SSSR count). The lowest BCUT2D eigenvalue weighted by Gasteiger charge is -2.02. The van der Waals surface area contributed by atoms with E-state index >= 15 is 0 Å². The summed E-state index contributed by atoms with van der Waals surface area (Å²) >= 11 is 0. The van der Waals surface area contributed by atoms with E-state index in [1.807, 2.05) is 0 Å². The molecule has 0 aromatic heterocycles. The number of allylic oxidation sites excluding steroid dienone is 4. The minimum Gasteiger partial charge on any atom is -0.463 e. The number of hydrogen-bond acceptors (Lipinski definition) is 2. The molecule has 0 aromatic carbocycles. The van der Waals surface area contributed by atoms with Crippen molar-refractivity contribution in [3.8, 4) is 0 Å². The highest BCUT2D eigenvalue weighted by molar-refractivity contribution is 5.81. The van der Waals surface area contributed by atoms with Crippen LogP contribution in [0.5, 0.6) is 0 Å². The summed E-state index contributed by atoms with van der Waals surface area (Å²) in [7, 11) is 0. The van der Waals surface area contributed by atoms with Crippen molar-refractivity contribution in [2.45, 2.75) is 84.0 Å². The van der Waals surface area contributed by atoms with Gasteiger partial charge in [-0.05, 0) is 38.5 Å². The molecule has 0 bridgehead atoms. The van der Waals surface area contributed by atoms with Gasteiger partial charge >= 0.3 is 5.97 Å². The molecule has 2 heteroatoms. The summed E-state index contributed by atoms with van der Waals surface area (Å²) in [6.45, 7) is 6.14. The molecule has 132 valence electrons. The second kappa shape index (κ2) is 18.7. The third kappa shape index (κ3) is 18.6. The Balaban J connectivity index is 3.19. The first kappa shape index (κ1) is 21.7. The van der Waals surface area contributed by atoms with Gasteiger partial charge in [0.15, 0.2) is 0 Å². The van der Waals surface area contributed by atoms with Gasteiger partial charge in [0.2, 0.25) is 0 Å². The molecule has 0 saturated heterocycles. The highest BCUT2D eigenvalue weighted by Gasteiger charge is 1.95. The monoisotopic (exact) mass is 320 g/mol. The summed E-state index contributed by atoms with van der Waals surface area (Å²) in [5.74, 6) is -0.312. The second-order valence-corrected chi connectivity index (χ2v) is 5.96. The molecule has 0 atom stereocenters. The van der Waals surface area contributed by atoms with Gasteiger partial charge in [-0.2, -0.15) is 0 Å². The van der Waals surface area contributed by atoms with Crippen molar-refractivity contribution < 1.29 is 9.53 Å². The predicted molar refractivity (Wildman–Crippen MR) is 101 cm³/mol. The zero-order valence-electron chi connectivity index (χ0n) is 15.1. The molecule has 0 spiro atoms. The molecular formula is C21H36O2. The van der Waals surface area contributed by atoms with Crippen molar-refractivity contribution in [1.82, 2.24) is 0 Å². The Morgan fingerprint density at radius 2 is 1.39 bits per heavy atom. The molecular weight excluding hydrogens is 284 g/mol. The van der Waals surface area contributed by atoms with Gasteiger partial charge in [-0.3, -0.25) is 0 Å². The summed E-state index contributed by atoms with van der Waals surface area (Å²) in [4.78, 5) is 10.8. The minimum atomic E-state index is -0.312. The summed E-state index contributed by atoms with van der Waals surface area (Å²) in [5, 5.41) is 0. The van der Waals surface area contributed by atoms with Crippen molar-refractivity contribution in [3.63, 3.8) is 0 Å². The zero-order valence-corrected chi connectivity index (χ0v) is 15.1. The highest BCUT2D eigenvalue weighted by Crippen LogP contribution is 2.08. The first-order valence-corrected chi connectivity index (χ1v) is 9.40. The van der Waals surface area contributed by atoms with Gasteiger partial charge in [-0.25, -0.2) is 4.79 Å². The topological polar surface area (TPSA) is 26.3 Å². The molecule has 0 radical (unpaired) electrons. The third-order valence-electron chi connectivity index (χ3n) is 3.76. The Hall–Kier alpha value is -1.31. The van der Waals surface area contributed by atoms with E-state index in [9.17, 15) is 4.79 Å². The number of carbonyl (C=O) groups excluding carboxylic acids is 1. The van der Waals surface area contributed by atoms with Crippen LogP contribution in [0, 0.1) is 0 Å². The number of ether oxygens (including phenoxy) is 1. The lowest BCUT2D eigenvalue weighted by atomic mass is 10.1. The quantitative estimate of drug-likeness (QED) is 0.140. The van der Waals surface area contributed by atoms with Gasteiger partial charge in [0.05, 0.1) is 6.61 Å². The molecule has 0 amide bonds. The van der Waals surface area contributed by atoms with E-state index in [2.05, 4.69) is 37.8 Å². The fourth-order valence-electron chi connectivity index (χ4n) is 2.32. The number of esters is 1. The Morgan fingerprint density at radius 3 is 2.00 bits per heavy atom. The third-order valence-corrected chi connectivity index (χ3v) is 3.76. The first-order valence-electron chi connectivity index (χ1n) is 9.40.